The van der Waals surface area contributed by atoms with E-state index in [4.69, 9.17) is 15.9 Å². The Kier molecular flexibility index (Phi) is 9.20. The largest absolute Gasteiger partial charge is 0.468 e. The second kappa shape index (κ2) is 12.8. The number of esters is 1. The van der Waals surface area contributed by atoms with Gasteiger partial charge in [0.2, 0.25) is 11.8 Å². The van der Waals surface area contributed by atoms with Gasteiger partial charge in [0.15, 0.2) is 0 Å². The molecule has 1 aromatic heterocycles. The number of ether oxygens (including phenoxy) is 1. The molecule has 6 N–H and O–H groups in total. The monoisotopic (exact) mass is 552 g/mol. The van der Waals surface area contributed by atoms with Gasteiger partial charge in [-0.15, -0.1) is 0 Å². The minimum atomic E-state index is -1.09. The quantitative estimate of drug-likeness (QED) is 0.169. The molecule has 1 heterocycles. The number of hydroxylamine groups is 1. The van der Waals surface area contributed by atoms with Crippen molar-refractivity contribution in [3.8, 4) is 0 Å². The Morgan fingerprint density at radius 2 is 1.90 bits per heavy atom. The topological polar surface area (TPSA) is 178 Å². The van der Waals surface area contributed by atoms with Gasteiger partial charge in [-0.3, -0.25) is 24.4 Å². The van der Waals surface area contributed by atoms with Gasteiger partial charge in [-0.05, 0) is 55.5 Å². The number of nitrogens with one attached hydrogen (secondary N) is 3. The van der Waals surface area contributed by atoms with Gasteiger partial charge in [-0.2, -0.15) is 0 Å². The molecule has 0 aliphatic heterocycles. The molecule has 1 fully saturated rings. The van der Waals surface area contributed by atoms with Crippen molar-refractivity contribution in [2.24, 2.45) is 11.7 Å². The molecular weight excluding hydrogens is 516 g/mol. The van der Waals surface area contributed by atoms with Crippen molar-refractivity contribution in [1.29, 1.82) is 0 Å². The standard InChI is InChI=1S/C28H36N6O6/c1-40-25(37)16-30-26(38)19-9-10-22-21(14-19)31-27(34(22)17-18-6-3-2-4-7-18)28(13-5-8-20(29)15-28)32-23(35)11-12-24(36)33-39/h5,8-10,14-15,18,39H,2-4,6-7,11-13,16-17,29H2,1H3,(H,30,38)(H,32,35)(H,33,36). The van der Waals surface area contributed by atoms with Crippen LogP contribution < -0.4 is 21.8 Å². The number of carbonyl (C=O) groups is 4. The summed E-state index contributed by atoms with van der Waals surface area (Å²) in [6.45, 7) is 0.427. The number of hydrogen-bond donors (Lipinski definition) is 5. The van der Waals surface area contributed by atoms with Crippen LogP contribution >= 0.6 is 0 Å². The zero-order valence-corrected chi connectivity index (χ0v) is 22.6. The maximum absolute atomic E-state index is 13.0. The van der Waals surface area contributed by atoms with Gasteiger partial charge in [-0.1, -0.05) is 25.3 Å². The molecule has 4 rings (SSSR count). The molecule has 0 saturated heterocycles. The molecule has 1 aromatic carbocycles. The highest BCUT2D eigenvalue weighted by Crippen LogP contribution is 2.36. The molecule has 12 heteroatoms. The van der Waals surface area contributed by atoms with Crippen LogP contribution in [0.5, 0.6) is 0 Å². The van der Waals surface area contributed by atoms with E-state index in [0.29, 0.717) is 41.5 Å². The molecule has 40 heavy (non-hydrogen) atoms. The van der Waals surface area contributed by atoms with Crippen LogP contribution in [0.2, 0.25) is 0 Å². The summed E-state index contributed by atoms with van der Waals surface area (Å²) in [6.07, 6.45) is 11.1. The number of nitrogens with two attached hydrogens (primary N) is 1. The molecule has 1 unspecified atom stereocenters. The molecule has 2 aromatic rings. The highest BCUT2D eigenvalue weighted by Gasteiger charge is 2.38. The van der Waals surface area contributed by atoms with Crippen molar-refractivity contribution in [1.82, 2.24) is 25.7 Å². The van der Waals surface area contributed by atoms with E-state index in [0.717, 1.165) is 31.2 Å². The Bertz CT molecular complexity index is 1340. The predicted octanol–water partition coefficient (Wildman–Crippen LogP) is 1.92. The normalized spacial score (nSPS) is 19.1. The van der Waals surface area contributed by atoms with E-state index in [1.54, 1.807) is 29.8 Å². The van der Waals surface area contributed by atoms with Crippen LogP contribution in [-0.4, -0.2) is 52.1 Å². The molecule has 0 radical (unpaired) electrons. The summed E-state index contributed by atoms with van der Waals surface area (Å²) in [5.41, 5.74) is 8.83. The number of benzene rings is 1. The third kappa shape index (κ3) is 6.68. The average molecular weight is 553 g/mol. The van der Waals surface area contributed by atoms with Gasteiger partial charge in [0.05, 0.1) is 18.1 Å². The lowest BCUT2D eigenvalue weighted by atomic mass is 9.87. The summed E-state index contributed by atoms with van der Waals surface area (Å²) in [4.78, 5) is 53.7. The first-order chi connectivity index (χ1) is 19.2. The molecule has 2 aliphatic rings. The Labute approximate surface area is 232 Å². The van der Waals surface area contributed by atoms with Gasteiger partial charge >= 0.3 is 5.97 Å². The van der Waals surface area contributed by atoms with Crippen LogP contribution in [0.1, 0.15) is 67.5 Å². The first-order valence-corrected chi connectivity index (χ1v) is 13.5. The van der Waals surface area contributed by atoms with E-state index in [1.807, 2.05) is 12.1 Å². The Balaban J connectivity index is 1.75. The molecule has 12 nitrogen and oxygen atoms in total. The summed E-state index contributed by atoms with van der Waals surface area (Å²) in [7, 11) is 1.25. The third-order valence-corrected chi connectivity index (χ3v) is 7.43. The van der Waals surface area contributed by atoms with Crippen molar-refractivity contribution < 1.29 is 29.1 Å². The lowest BCUT2D eigenvalue weighted by molar-refractivity contribution is -0.139. The Hall–Kier alpha value is -4.19. The zero-order valence-electron chi connectivity index (χ0n) is 22.6. The van der Waals surface area contributed by atoms with Gasteiger partial charge in [0.25, 0.3) is 5.91 Å². The van der Waals surface area contributed by atoms with Gasteiger partial charge < -0.3 is 25.7 Å². The fourth-order valence-corrected chi connectivity index (χ4v) is 5.42. The molecule has 0 bridgehead atoms. The van der Waals surface area contributed by atoms with Crippen LogP contribution in [-0.2, 0) is 31.2 Å². The van der Waals surface area contributed by atoms with Gasteiger partial charge in [0, 0.05) is 30.6 Å². The SMILES string of the molecule is COC(=O)CNC(=O)c1ccc2c(c1)nc(C1(NC(=O)CCC(=O)NO)C=C(N)C=CC1)n2CC1CCCCC1. The fraction of sp³-hybridized carbons (Fsp3) is 0.464. The highest BCUT2D eigenvalue weighted by molar-refractivity contribution is 5.98. The van der Waals surface area contributed by atoms with Crippen molar-refractivity contribution in [2.75, 3.05) is 13.7 Å². The summed E-state index contributed by atoms with van der Waals surface area (Å²) >= 11 is 0. The van der Waals surface area contributed by atoms with Crippen LogP contribution in [0, 0.1) is 5.92 Å². The molecular formula is C28H36N6O6. The lowest BCUT2D eigenvalue weighted by Crippen LogP contribution is -2.47. The molecule has 3 amide bonds. The molecule has 214 valence electrons. The average Bonchev–Trinajstić information content (AvgIpc) is 3.33. The predicted molar refractivity (Wildman–Crippen MR) is 146 cm³/mol. The van der Waals surface area contributed by atoms with Crippen molar-refractivity contribution in [2.45, 2.75) is 63.5 Å². The van der Waals surface area contributed by atoms with Crippen LogP contribution in [0.25, 0.3) is 11.0 Å². The minimum Gasteiger partial charge on any atom is -0.468 e. The molecule has 2 aliphatic carbocycles. The number of imidazole rings is 1. The minimum absolute atomic E-state index is 0.140. The van der Waals surface area contributed by atoms with E-state index in [-0.39, 0.29) is 19.4 Å². The number of carbonyl (C=O) groups excluding carboxylic acids is 4. The van der Waals surface area contributed by atoms with E-state index in [2.05, 4.69) is 19.9 Å². The van der Waals surface area contributed by atoms with E-state index in [1.165, 1.54) is 13.5 Å². The van der Waals surface area contributed by atoms with Gasteiger partial charge in [-0.25, -0.2) is 10.5 Å². The summed E-state index contributed by atoms with van der Waals surface area (Å²) in [6, 6.07) is 5.17. The molecule has 0 spiro atoms. The molecule has 1 saturated carbocycles. The van der Waals surface area contributed by atoms with Crippen LogP contribution in [0.4, 0.5) is 0 Å². The van der Waals surface area contributed by atoms with E-state index < -0.39 is 29.2 Å². The highest BCUT2D eigenvalue weighted by atomic mass is 16.5. The number of nitrogens with zero attached hydrogens (tertiary/aromatic N) is 2. The van der Waals surface area contributed by atoms with Gasteiger partial charge in [0.1, 0.15) is 17.9 Å². The number of aromatic nitrogens is 2. The smallest absolute Gasteiger partial charge is 0.325 e. The second-order valence-corrected chi connectivity index (χ2v) is 10.3. The van der Waals surface area contributed by atoms with E-state index in [9.17, 15) is 19.2 Å². The Morgan fingerprint density at radius 1 is 1.15 bits per heavy atom. The lowest BCUT2D eigenvalue weighted by Gasteiger charge is -2.34. The Morgan fingerprint density at radius 3 is 2.60 bits per heavy atom. The maximum Gasteiger partial charge on any atom is 0.325 e. The van der Waals surface area contributed by atoms with Crippen molar-refractivity contribution >= 4 is 34.7 Å². The first kappa shape index (κ1) is 28.8. The fourth-order valence-electron chi connectivity index (χ4n) is 5.42. The summed E-state index contributed by atoms with van der Waals surface area (Å²) in [5.74, 6) is -1.06. The second-order valence-electron chi connectivity index (χ2n) is 10.3. The number of rotatable bonds is 10. The maximum atomic E-state index is 13.0. The first-order valence-electron chi connectivity index (χ1n) is 13.5. The number of fused-ring (bicyclic) bond motifs is 1. The molecule has 1 atom stereocenters. The van der Waals surface area contributed by atoms with Crippen molar-refractivity contribution in [3.05, 3.63) is 53.5 Å². The number of hydrogen-bond acceptors (Lipinski definition) is 8. The zero-order chi connectivity index (χ0) is 28.7. The third-order valence-electron chi connectivity index (χ3n) is 7.43. The van der Waals surface area contributed by atoms with Crippen molar-refractivity contribution in [3.63, 3.8) is 0 Å². The van der Waals surface area contributed by atoms with E-state index >= 15 is 0 Å². The van der Waals surface area contributed by atoms with Crippen LogP contribution in [0.15, 0.2) is 42.1 Å². The number of methoxy groups -OCH3 is 1. The number of allylic oxidation sites excluding steroid dienone is 1. The summed E-state index contributed by atoms with van der Waals surface area (Å²) in [5, 5.41) is 14.4. The summed E-state index contributed by atoms with van der Waals surface area (Å²) < 4.78 is 6.70. The number of amides is 3. The van der Waals surface area contributed by atoms with Crippen LogP contribution in [0.3, 0.4) is 0 Å².